The van der Waals surface area contributed by atoms with Gasteiger partial charge >= 0.3 is 5.91 Å². The molecule has 0 aromatic heterocycles. The molecule has 0 N–H and O–H groups in total. The summed E-state index contributed by atoms with van der Waals surface area (Å²) in [7, 11) is 0. The van der Waals surface area contributed by atoms with Crippen molar-refractivity contribution in [1.29, 1.82) is 0 Å². The van der Waals surface area contributed by atoms with Crippen molar-refractivity contribution in [1.82, 2.24) is 0 Å². The molecule has 1 amide bonds. The Morgan fingerprint density at radius 3 is 2.86 bits per heavy atom. The van der Waals surface area contributed by atoms with Gasteiger partial charge in [-0.3, -0.25) is 4.79 Å². The SMILES string of the molecule is O=C1N=COC1Cl. The van der Waals surface area contributed by atoms with Crippen molar-refractivity contribution in [3.05, 3.63) is 0 Å². The number of alkyl halides is 1. The molecule has 1 aliphatic rings. The largest absolute Gasteiger partial charge is 0.454 e. The lowest BCUT2D eigenvalue weighted by Crippen LogP contribution is -2.05. The molecule has 4 heteroatoms. The third-order valence-corrected chi connectivity index (χ3v) is 0.844. The van der Waals surface area contributed by atoms with Crippen LogP contribution in [0.1, 0.15) is 0 Å². The molecule has 3 nitrogen and oxygen atoms in total. The molecule has 1 aliphatic heterocycles. The van der Waals surface area contributed by atoms with E-state index in [1.807, 2.05) is 0 Å². The summed E-state index contributed by atoms with van der Waals surface area (Å²) in [4.78, 5) is 13.3. The Bertz CT molecular complexity index is 122. The summed E-state index contributed by atoms with van der Waals surface area (Å²) in [6, 6.07) is 0. The smallest absolute Gasteiger partial charge is 0.305 e. The molecule has 1 heterocycles. The highest BCUT2D eigenvalue weighted by Crippen LogP contribution is 2.03. The molecule has 0 saturated heterocycles. The van der Waals surface area contributed by atoms with Gasteiger partial charge < -0.3 is 4.74 Å². The van der Waals surface area contributed by atoms with Crippen LogP contribution in [0.4, 0.5) is 0 Å². The lowest BCUT2D eigenvalue weighted by atomic mass is 10.7. The van der Waals surface area contributed by atoms with Gasteiger partial charge in [-0.15, -0.1) is 0 Å². The first-order valence-corrected chi connectivity index (χ1v) is 2.10. The minimum Gasteiger partial charge on any atom is -0.454 e. The Balaban J connectivity index is 2.62. The first-order chi connectivity index (χ1) is 3.30. The number of carbonyl (C=O) groups is 1. The predicted octanol–water partition coefficient (Wildman–Crippen LogP) is 0.136. The second kappa shape index (κ2) is 1.50. The normalized spacial score (nSPS) is 28.1. The van der Waals surface area contributed by atoms with Crippen molar-refractivity contribution in [2.45, 2.75) is 5.56 Å². The molecule has 1 rings (SSSR count). The highest BCUT2D eigenvalue weighted by atomic mass is 35.5. The van der Waals surface area contributed by atoms with Crippen molar-refractivity contribution < 1.29 is 9.53 Å². The van der Waals surface area contributed by atoms with Crippen LogP contribution in [0, 0.1) is 0 Å². The number of hydrogen-bond donors (Lipinski definition) is 0. The van der Waals surface area contributed by atoms with Crippen LogP contribution in [0.3, 0.4) is 0 Å². The van der Waals surface area contributed by atoms with Crippen LogP contribution in [-0.2, 0) is 9.53 Å². The topological polar surface area (TPSA) is 38.7 Å². The first kappa shape index (κ1) is 4.59. The fourth-order valence-electron chi connectivity index (χ4n) is 0.253. The molecule has 0 saturated carbocycles. The predicted molar refractivity (Wildman–Crippen MR) is 24.2 cm³/mol. The van der Waals surface area contributed by atoms with Crippen molar-refractivity contribution in [3.8, 4) is 0 Å². The Morgan fingerprint density at radius 2 is 2.71 bits per heavy atom. The van der Waals surface area contributed by atoms with E-state index in [1.54, 1.807) is 0 Å². The first-order valence-electron chi connectivity index (χ1n) is 1.66. The minimum absolute atomic E-state index is 0.429. The minimum atomic E-state index is -0.875. The zero-order valence-electron chi connectivity index (χ0n) is 3.30. The molecule has 38 valence electrons. The zero-order chi connectivity index (χ0) is 5.28. The molecular formula is C3H2ClNO2. The molecule has 0 fully saturated rings. The van der Waals surface area contributed by atoms with Gasteiger partial charge in [0.25, 0.3) is 5.56 Å². The molecule has 0 aliphatic carbocycles. The van der Waals surface area contributed by atoms with Gasteiger partial charge in [0.2, 0.25) is 0 Å². The van der Waals surface area contributed by atoms with Crippen molar-refractivity contribution in [2.24, 2.45) is 4.99 Å². The van der Waals surface area contributed by atoms with Crippen molar-refractivity contribution in [3.63, 3.8) is 0 Å². The number of rotatable bonds is 0. The van der Waals surface area contributed by atoms with E-state index in [2.05, 4.69) is 9.73 Å². The van der Waals surface area contributed by atoms with Gasteiger partial charge in [-0.25, -0.2) is 0 Å². The number of ether oxygens (including phenoxy) is 1. The molecule has 0 radical (unpaired) electrons. The number of aliphatic imine (C=N–C) groups is 1. The summed E-state index contributed by atoms with van der Waals surface area (Å²) in [6.45, 7) is 0. The molecule has 0 aromatic carbocycles. The fraction of sp³-hybridized carbons (Fsp3) is 0.333. The number of halogens is 1. The highest BCUT2D eigenvalue weighted by Gasteiger charge is 2.18. The summed E-state index contributed by atoms with van der Waals surface area (Å²) < 4.78 is 4.39. The van der Waals surface area contributed by atoms with Gasteiger partial charge in [0.1, 0.15) is 0 Å². The quantitative estimate of drug-likeness (QED) is 0.426. The Kier molecular flexibility index (Phi) is 0.982. The van der Waals surface area contributed by atoms with E-state index in [9.17, 15) is 4.79 Å². The Morgan fingerprint density at radius 1 is 2.00 bits per heavy atom. The average Bonchev–Trinajstić information content (AvgIpc) is 1.91. The summed E-state index contributed by atoms with van der Waals surface area (Å²) in [5, 5.41) is 0. The number of nitrogens with zero attached hydrogens (tertiary/aromatic N) is 1. The monoisotopic (exact) mass is 119 g/mol. The molecule has 0 bridgehead atoms. The standard InChI is InChI=1S/C3H2ClNO2/c4-2-3(6)5-1-7-2/h1-2H. The Labute approximate surface area is 44.9 Å². The average molecular weight is 120 g/mol. The summed E-state index contributed by atoms with van der Waals surface area (Å²) in [6.07, 6.45) is 1.04. The van der Waals surface area contributed by atoms with Crippen LogP contribution in [0.15, 0.2) is 4.99 Å². The van der Waals surface area contributed by atoms with E-state index in [4.69, 9.17) is 11.6 Å². The summed E-state index contributed by atoms with van der Waals surface area (Å²) in [5.41, 5.74) is -0.875. The number of amides is 1. The van der Waals surface area contributed by atoms with Crippen LogP contribution < -0.4 is 0 Å². The molecular weight excluding hydrogens is 117 g/mol. The van der Waals surface area contributed by atoms with E-state index in [0.717, 1.165) is 6.40 Å². The van der Waals surface area contributed by atoms with Crippen molar-refractivity contribution >= 4 is 23.9 Å². The number of hydrogen-bond acceptors (Lipinski definition) is 2. The maximum Gasteiger partial charge on any atom is 0.305 e. The van der Waals surface area contributed by atoms with Gasteiger partial charge in [0.15, 0.2) is 6.40 Å². The second-order valence-corrected chi connectivity index (χ2v) is 1.42. The van der Waals surface area contributed by atoms with Crippen LogP contribution in [0.5, 0.6) is 0 Å². The van der Waals surface area contributed by atoms with Crippen LogP contribution in [0.25, 0.3) is 0 Å². The number of carbonyl (C=O) groups excluding carboxylic acids is 1. The summed E-state index contributed by atoms with van der Waals surface area (Å²) >= 11 is 5.17. The van der Waals surface area contributed by atoms with Gasteiger partial charge in [-0.1, -0.05) is 11.6 Å². The van der Waals surface area contributed by atoms with Crippen LogP contribution >= 0.6 is 11.6 Å². The van der Waals surface area contributed by atoms with Gasteiger partial charge in [0.05, 0.1) is 0 Å². The zero-order valence-corrected chi connectivity index (χ0v) is 4.05. The van der Waals surface area contributed by atoms with Gasteiger partial charge in [-0.2, -0.15) is 4.99 Å². The maximum atomic E-state index is 10.1. The van der Waals surface area contributed by atoms with E-state index >= 15 is 0 Å². The fourth-order valence-corrected chi connectivity index (χ4v) is 0.355. The van der Waals surface area contributed by atoms with E-state index in [1.165, 1.54) is 0 Å². The Hall–Kier alpha value is -0.570. The van der Waals surface area contributed by atoms with Crippen LogP contribution in [-0.4, -0.2) is 17.9 Å². The highest BCUT2D eigenvalue weighted by molar-refractivity contribution is 6.31. The summed E-state index contributed by atoms with van der Waals surface area (Å²) in [5.74, 6) is -0.429. The van der Waals surface area contributed by atoms with Crippen molar-refractivity contribution in [2.75, 3.05) is 0 Å². The second-order valence-electron chi connectivity index (χ2n) is 1.02. The lowest BCUT2D eigenvalue weighted by Gasteiger charge is -1.90. The van der Waals surface area contributed by atoms with Gasteiger partial charge in [-0.05, 0) is 0 Å². The molecule has 1 unspecified atom stereocenters. The maximum absolute atomic E-state index is 10.1. The van der Waals surface area contributed by atoms with E-state index in [0.29, 0.717) is 0 Å². The van der Waals surface area contributed by atoms with E-state index in [-0.39, 0.29) is 0 Å². The third kappa shape index (κ3) is 0.718. The molecule has 1 atom stereocenters. The molecule has 0 spiro atoms. The van der Waals surface area contributed by atoms with Gasteiger partial charge in [0, 0.05) is 0 Å². The third-order valence-electron chi connectivity index (χ3n) is 0.554. The lowest BCUT2D eigenvalue weighted by molar-refractivity contribution is -0.119. The van der Waals surface area contributed by atoms with E-state index < -0.39 is 11.5 Å². The van der Waals surface area contributed by atoms with Crippen LogP contribution in [0.2, 0.25) is 0 Å². The molecule has 0 aromatic rings. The molecule has 7 heavy (non-hydrogen) atoms.